The molecule has 27 heavy (non-hydrogen) atoms. The van der Waals surface area contributed by atoms with Crippen molar-refractivity contribution in [2.45, 2.75) is 124 Å². The van der Waals surface area contributed by atoms with Crippen LogP contribution in [0.1, 0.15) is 110 Å². The van der Waals surface area contributed by atoms with Crippen molar-refractivity contribution in [3.63, 3.8) is 0 Å². The summed E-state index contributed by atoms with van der Waals surface area (Å²) in [6.45, 7) is 8.73. The topological polar surface area (TPSA) is 8.81 Å². The van der Waals surface area contributed by atoms with E-state index in [4.69, 9.17) is 0 Å². The monoisotopic (exact) mass is 486 g/mol. The van der Waals surface area contributed by atoms with E-state index in [1.54, 1.807) is 0 Å². The van der Waals surface area contributed by atoms with Crippen molar-refractivity contribution in [1.29, 1.82) is 0 Å². The van der Waals surface area contributed by atoms with Gasteiger partial charge in [-0.15, -0.1) is 0 Å². The van der Waals surface area contributed by atoms with Crippen LogP contribution in [0.2, 0.25) is 0 Å². The van der Waals surface area contributed by atoms with E-state index in [1.807, 2.05) is 0 Å². The van der Waals surface area contributed by atoms with E-state index >= 15 is 0 Å². The van der Waals surface area contributed by atoms with Crippen LogP contribution in [0.4, 0.5) is 0 Å². The quantitative estimate of drug-likeness (QED) is 0.155. The number of hydrogen-bond acceptors (Lipinski definition) is 0. The van der Waals surface area contributed by atoms with Crippen LogP contribution in [0.5, 0.6) is 0 Å². The molecule has 0 unspecified atom stereocenters. The van der Waals surface area contributed by atoms with Gasteiger partial charge in [-0.2, -0.15) is 0 Å². The van der Waals surface area contributed by atoms with E-state index in [0.29, 0.717) is 0 Å². The van der Waals surface area contributed by atoms with Crippen LogP contribution in [-0.4, -0.2) is 4.57 Å². The molecule has 0 atom stereocenters. The molecular weight excluding hydrogens is 443 g/mol. The van der Waals surface area contributed by atoms with Gasteiger partial charge in [-0.1, -0.05) is 89.9 Å². The van der Waals surface area contributed by atoms with Crippen LogP contribution in [0.3, 0.4) is 0 Å². The molecule has 1 rings (SSSR count). The Morgan fingerprint density at radius 3 is 1.96 bits per heavy atom. The highest BCUT2D eigenvalue weighted by Crippen LogP contribution is 2.10. The van der Waals surface area contributed by atoms with Crippen LogP contribution >= 0.6 is 0 Å². The summed E-state index contributed by atoms with van der Waals surface area (Å²) in [5.41, 5.74) is 0. The maximum Gasteiger partial charge on any atom is 0.254 e. The third kappa shape index (κ3) is 13.3. The predicted octanol–water partition coefficient (Wildman–Crippen LogP) is 3.59. The molecule has 3 heteroatoms. The molecule has 1 aromatic heterocycles. The van der Waals surface area contributed by atoms with Crippen molar-refractivity contribution in [3.8, 4) is 11.8 Å². The van der Waals surface area contributed by atoms with Crippen molar-refractivity contribution in [2.75, 3.05) is 0 Å². The highest BCUT2D eigenvalue weighted by molar-refractivity contribution is 5.00. The first kappa shape index (κ1) is 26.5. The minimum Gasteiger partial charge on any atom is -1.00 e. The highest BCUT2D eigenvalue weighted by Gasteiger charge is 2.10. The summed E-state index contributed by atoms with van der Waals surface area (Å²) in [6.07, 6.45) is 23.3. The molecule has 0 aromatic carbocycles. The Bertz CT molecular complexity index is 510. The van der Waals surface area contributed by atoms with Gasteiger partial charge in [-0.3, -0.25) is 0 Å². The van der Waals surface area contributed by atoms with Crippen LogP contribution in [-0.2, 0) is 13.1 Å². The molecule has 1 aromatic rings. The molecule has 0 N–H and O–H groups in total. The zero-order valence-electron chi connectivity index (χ0n) is 18.2. The van der Waals surface area contributed by atoms with E-state index in [0.717, 1.165) is 19.5 Å². The Balaban J connectivity index is 0.00000676. The lowest BCUT2D eigenvalue weighted by atomic mass is 10.1. The zero-order chi connectivity index (χ0) is 18.9. The second kappa shape index (κ2) is 18.8. The molecule has 156 valence electrons. The van der Waals surface area contributed by atoms with Crippen LogP contribution in [0.15, 0.2) is 12.4 Å². The molecular formula is C24H43IN2. The van der Waals surface area contributed by atoms with Gasteiger partial charge >= 0.3 is 0 Å². The Morgan fingerprint density at radius 2 is 1.33 bits per heavy atom. The number of nitrogens with zero attached hydrogens (tertiary/aromatic N) is 2. The van der Waals surface area contributed by atoms with Crippen LogP contribution in [0.25, 0.3) is 0 Å². The Labute approximate surface area is 186 Å². The molecule has 0 radical (unpaired) electrons. The van der Waals surface area contributed by atoms with Crippen molar-refractivity contribution in [2.24, 2.45) is 0 Å². The molecule has 0 bridgehead atoms. The largest absolute Gasteiger partial charge is 1.00 e. The SMILES string of the molecule is CCCCCC#CCn1cc[n+](CCCCCCCCCCCC)c1C.[I-]. The second-order valence-corrected chi connectivity index (χ2v) is 7.66. The van der Waals surface area contributed by atoms with Crippen LogP contribution in [0, 0.1) is 18.8 Å². The number of unbranched alkanes of at least 4 members (excludes halogenated alkanes) is 12. The standard InChI is InChI=1S/C24H43N2.HI/c1-4-6-8-10-12-13-14-15-17-19-21-26-23-22-25(24(26)3)20-18-16-11-9-7-5-2;/h22-23H,4-15,17,19-21H2,1-3H3;1H/q+1;/p-1. The number of aromatic nitrogens is 2. The molecule has 0 aliphatic carbocycles. The van der Waals surface area contributed by atoms with Crippen molar-refractivity contribution >= 4 is 0 Å². The van der Waals surface area contributed by atoms with Gasteiger partial charge in [-0.25, -0.2) is 9.13 Å². The molecule has 0 fully saturated rings. The average molecular weight is 487 g/mol. The Morgan fingerprint density at radius 1 is 0.778 bits per heavy atom. The zero-order valence-corrected chi connectivity index (χ0v) is 20.4. The van der Waals surface area contributed by atoms with Gasteiger partial charge in [0.2, 0.25) is 0 Å². The van der Waals surface area contributed by atoms with Gasteiger partial charge in [0.15, 0.2) is 6.54 Å². The summed E-state index contributed by atoms with van der Waals surface area (Å²) in [7, 11) is 0. The molecule has 0 aliphatic heterocycles. The number of aryl methyl sites for hydroxylation is 1. The Hall–Kier alpha value is -0.500. The van der Waals surface area contributed by atoms with E-state index in [-0.39, 0.29) is 24.0 Å². The molecule has 0 aliphatic rings. The normalized spacial score (nSPS) is 10.3. The van der Waals surface area contributed by atoms with Crippen molar-refractivity contribution in [1.82, 2.24) is 4.57 Å². The van der Waals surface area contributed by atoms with E-state index in [1.165, 1.54) is 89.3 Å². The average Bonchev–Trinajstić information content (AvgIpc) is 2.99. The number of hydrogen-bond donors (Lipinski definition) is 0. The third-order valence-corrected chi connectivity index (χ3v) is 5.29. The van der Waals surface area contributed by atoms with E-state index in [2.05, 4.69) is 54.1 Å². The summed E-state index contributed by atoms with van der Waals surface area (Å²) < 4.78 is 4.67. The van der Waals surface area contributed by atoms with Crippen molar-refractivity contribution in [3.05, 3.63) is 18.2 Å². The molecule has 0 amide bonds. The lowest BCUT2D eigenvalue weighted by Gasteiger charge is -2.02. The number of halogens is 1. The third-order valence-electron chi connectivity index (χ3n) is 5.29. The molecule has 1 heterocycles. The van der Waals surface area contributed by atoms with Gasteiger partial charge in [0, 0.05) is 13.3 Å². The summed E-state index contributed by atoms with van der Waals surface area (Å²) in [5.74, 6) is 7.97. The van der Waals surface area contributed by atoms with E-state index < -0.39 is 0 Å². The minimum absolute atomic E-state index is 0. The van der Waals surface area contributed by atoms with Gasteiger partial charge in [-0.05, 0) is 19.3 Å². The fraction of sp³-hybridized carbons (Fsp3) is 0.792. The lowest BCUT2D eigenvalue weighted by molar-refractivity contribution is -0.702. The minimum atomic E-state index is 0. The van der Waals surface area contributed by atoms with Gasteiger partial charge < -0.3 is 24.0 Å². The maximum absolute atomic E-state index is 3.32. The first-order chi connectivity index (χ1) is 12.8. The summed E-state index contributed by atoms with van der Waals surface area (Å²) in [6, 6.07) is 0. The highest BCUT2D eigenvalue weighted by atomic mass is 127. The maximum atomic E-state index is 3.32. The van der Waals surface area contributed by atoms with Crippen molar-refractivity contribution < 1.29 is 28.5 Å². The Kier molecular flexibility index (Phi) is 18.5. The first-order valence-electron chi connectivity index (χ1n) is 11.3. The summed E-state index contributed by atoms with van der Waals surface area (Å²) in [5, 5.41) is 0. The molecule has 0 saturated heterocycles. The van der Waals surface area contributed by atoms with E-state index in [9.17, 15) is 0 Å². The number of imidazole rings is 1. The first-order valence-corrected chi connectivity index (χ1v) is 11.3. The van der Waals surface area contributed by atoms with Gasteiger partial charge in [0.1, 0.15) is 12.4 Å². The molecule has 2 nitrogen and oxygen atoms in total. The fourth-order valence-corrected chi connectivity index (χ4v) is 3.41. The smallest absolute Gasteiger partial charge is 0.254 e. The summed E-state index contributed by atoms with van der Waals surface area (Å²) in [4.78, 5) is 0. The van der Waals surface area contributed by atoms with Gasteiger partial charge in [0.25, 0.3) is 5.82 Å². The van der Waals surface area contributed by atoms with Gasteiger partial charge in [0.05, 0.1) is 6.54 Å². The molecule has 0 saturated carbocycles. The van der Waals surface area contributed by atoms with Crippen LogP contribution < -0.4 is 28.5 Å². The number of rotatable bonds is 15. The molecule has 0 spiro atoms. The fourth-order valence-electron chi connectivity index (χ4n) is 3.41. The lowest BCUT2D eigenvalue weighted by Crippen LogP contribution is -3.00. The second-order valence-electron chi connectivity index (χ2n) is 7.66. The summed E-state index contributed by atoms with van der Waals surface area (Å²) >= 11 is 0. The predicted molar refractivity (Wildman–Crippen MR) is 113 cm³/mol.